The fourth-order valence-electron chi connectivity index (χ4n) is 2.03. The summed E-state index contributed by atoms with van der Waals surface area (Å²) in [6.07, 6.45) is 0.900. The maximum Gasteiger partial charge on any atom is 0.121 e. The third-order valence-electron chi connectivity index (χ3n) is 2.94. The summed E-state index contributed by atoms with van der Waals surface area (Å²) in [6.45, 7) is 4.75. The van der Waals surface area contributed by atoms with Gasteiger partial charge in [-0.25, -0.2) is 4.68 Å². The standard InChI is InChI=1S/C14H20N4O/c1-10(2)7-14-13(9-15)16-17-18(14)11-5-4-6-12(8-11)19-3/h4-6,8,10H,7,9,15H2,1-3H3. The number of rotatable bonds is 5. The Balaban J connectivity index is 2.45. The van der Waals surface area contributed by atoms with E-state index in [1.165, 1.54) is 0 Å². The van der Waals surface area contributed by atoms with E-state index in [0.717, 1.165) is 29.2 Å². The average Bonchev–Trinajstić information content (AvgIpc) is 2.81. The molecule has 0 saturated carbocycles. The van der Waals surface area contributed by atoms with Gasteiger partial charge in [0.05, 0.1) is 24.2 Å². The molecule has 0 aliphatic carbocycles. The van der Waals surface area contributed by atoms with Gasteiger partial charge in [0.15, 0.2) is 0 Å². The fraction of sp³-hybridized carbons (Fsp3) is 0.429. The largest absolute Gasteiger partial charge is 0.497 e. The van der Waals surface area contributed by atoms with Crippen LogP contribution in [-0.2, 0) is 13.0 Å². The summed E-state index contributed by atoms with van der Waals surface area (Å²) in [4.78, 5) is 0. The summed E-state index contributed by atoms with van der Waals surface area (Å²) >= 11 is 0. The Morgan fingerprint density at radius 1 is 1.37 bits per heavy atom. The zero-order valence-electron chi connectivity index (χ0n) is 11.6. The van der Waals surface area contributed by atoms with Crippen LogP contribution in [0.1, 0.15) is 25.2 Å². The fourth-order valence-corrected chi connectivity index (χ4v) is 2.03. The van der Waals surface area contributed by atoms with E-state index in [0.29, 0.717) is 12.5 Å². The summed E-state index contributed by atoms with van der Waals surface area (Å²) in [5.74, 6) is 1.32. The Hall–Kier alpha value is -1.88. The summed E-state index contributed by atoms with van der Waals surface area (Å²) < 4.78 is 7.10. The van der Waals surface area contributed by atoms with Gasteiger partial charge in [-0.1, -0.05) is 25.1 Å². The molecule has 0 unspecified atom stereocenters. The number of aromatic nitrogens is 3. The molecule has 0 aliphatic heterocycles. The second-order valence-electron chi connectivity index (χ2n) is 4.90. The smallest absolute Gasteiger partial charge is 0.121 e. The van der Waals surface area contributed by atoms with E-state index >= 15 is 0 Å². The number of nitrogens with zero attached hydrogens (tertiary/aromatic N) is 3. The Kier molecular flexibility index (Phi) is 4.16. The van der Waals surface area contributed by atoms with Crippen molar-refractivity contribution < 1.29 is 4.74 Å². The normalized spacial score (nSPS) is 11.0. The minimum atomic E-state index is 0.409. The van der Waals surface area contributed by atoms with Crippen molar-refractivity contribution in [2.45, 2.75) is 26.8 Å². The highest BCUT2D eigenvalue weighted by molar-refractivity contribution is 5.40. The monoisotopic (exact) mass is 260 g/mol. The predicted molar refractivity (Wildman–Crippen MR) is 74.3 cm³/mol. The van der Waals surface area contributed by atoms with Gasteiger partial charge in [-0.3, -0.25) is 0 Å². The zero-order valence-corrected chi connectivity index (χ0v) is 11.6. The molecule has 0 fully saturated rings. The van der Waals surface area contributed by atoms with Crippen LogP contribution in [0.4, 0.5) is 0 Å². The first-order valence-corrected chi connectivity index (χ1v) is 6.43. The Bertz CT molecular complexity index is 548. The predicted octanol–water partition coefficient (Wildman–Crippen LogP) is 1.93. The van der Waals surface area contributed by atoms with Crippen LogP contribution in [0.15, 0.2) is 24.3 Å². The molecule has 0 saturated heterocycles. The van der Waals surface area contributed by atoms with E-state index in [2.05, 4.69) is 24.2 Å². The minimum absolute atomic E-state index is 0.409. The summed E-state index contributed by atoms with van der Waals surface area (Å²) in [5, 5.41) is 8.38. The van der Waals surface area contributed by atoms with Gasteiger partial charge in [0, 0.05) is 12.6 Å². The molecule has 2 aromatic rings. The van der Waals surface area contributed by atoms with Crippen molar-refractivity contribution in [3.8, 4) is 11.4 Å². The quantitative estimate of drug-likeness (QED) is 0.892. The molecule has 5 heteroatoms. The molecule has 19 heavy (non-hydrogen) atoms. The first-order valence-electron chi connectivity index (χ1n) is 6.43. The summed E-state index contributed by atoms with van der Waals surface area (Å²) in [5.41, 5.74) is 8.61. The average molecular weight is 260 g/mol. The van der Waals surface area contributed by atoms with Gasteiger partial charge in [0.2, 0.25) is 0 Å². The maximum atomic E-state index is 5.73. The molecule has 5 nitrogen and oxygen atoms in total. The molecule has 0 spiro atoms. The molecule has 0 aliphatic rings. The van der Waals surface area contributed by atoms with Gasteiger partial charge in [0.25, 0.3) is 0 Å². The van der Waals surface area contributed by atoms with Crippen molar-refractivity contribution in [1.82, 2.24) is 15.0 Å². The van der Waals surface area contributed by atoms with E-state index in [9.17, 15) is 0 Å². The molecule has 0 amide bonds. The lowest BCUT2D eigenvalue weighted by molar-refractivity contribution is 0.414. The van der Waals surface area contributed by atoms with Gasteiger partial charge in [-0.05, 0) is 24.5 Å². The second-order valence-corrected chi connectivity index (χ2v) is 4.90. The van der Waals surface area contributed by atoms with E-state index in [1.54, 1.807) is 7.11 Å². The van der Waals surface area contributed by atoms with Gasteiger partial charge in [-0.2, -0.15) is 0 Å². The van der Waals surface area contributed by atoms with Crippen molar-refractivity contribution in [2.75, 3.05) is 7.11 Å². The number of hydrogen-bond acceptors (Lipinski definition) is 4. The minimum Gasteiger partial charge on any atom is -0.497 e. The number of methoxy groups -OCH3 is 1. The highest BCUT2D eigenvalue weighted by Gasteiger charge is 2.14. The SMILES string of the molecule is COc1cccc(-n2nnc(CN)c2CC(C)C)c1. The highest BCUT2D eigenvalue weighted by Crippen LogP contribution is 2.20. The number of hydrogen-bond donors (Lipinski definition) is 1. The lowest BCUT2D eigenvalue weighted by Crippen LogP contribution is -2.09. The lowest BCUT2D eigenvalue weighted by atomic mass is 10.1. The van der Waals surface area contributed by atoms with Crippen molar-refractivity contribution in [2.24, 2.45) is 11.7 Å². The molecule has 0 atom stereocenters. The van der Waals surface area contributed by atoms with Crippen LogP contribution in [0.3, 0.4) is 0 Å². The van der Waals surface area contributed by atoms with E-state index < -0.39 is 0 Å². The molecule has 2 N–H and O–H groups in total. The Morgan fingerprint density at radius 3 is 2.79 bits per heavy atom. The number of benzene rings is 1. The molecule has 0 radical (unpaired) electrons. The molecule has 0 bridgehead atoms. The van der Waals surface area contributed by atoms with Crippen LogP contribution in [-0.4, -0.2) is 22.1 Å². The molecule has 1 aromatic carbocycles. The first kappa shape index (κ1) is 13.5. The maximum absolute atomic E-state index is 5.73. The van der Waals surface area contributed by atoms with Crippen molar-refractivity contribution in [1.29, 1.82) is 0 Å². The van der Waals surface area contributed by atoms with Gasteiger partial charge in [-0.15, -0.1) is 5.10 Å². The van der Waals surface area contributed by atoms with Crippen molar-refractivity contribution in [3.05, 3.63) is 35.7 Å². The highest BCUT2D eigenvalue weighted by atomic mass is 16.5. The van der Waals surface area contributed by atoms with Crippen LogP contribution in [0.25, 0.3) is 5.69 Å². The second kappa shape index (κ2) is 5.84. The third-order valence-corrected chi connectivity index (χ3v) is 2.94. The van der Waals surface area contributed by atoms with Crippen LogP contribution in [0, 0.1) is 5.92 Å². The zero-order chi connectivity index (χ0) is 13.8. The Labute approximate surface area is 113 Å². The molecule has 1 heterocycles. The molecule has 2 rings (SSSR count). The van der Waals surface area contributed by atoms with Crippen LogP contribution < -0.4 is 10.5 Å². The van der Waals surface area contributed by atoms with E-state index in [1.807, 2.05) is 28.9 Å². The van der Waals surface area contributed by atoms with Gasteiger partial charge < -0.3 is 10.5 Å². The molecular formula is C14H20N4O. The van der Waals surface area contributed by atoms with Gasteiger partial charge in [0.1, 0.15) is 5.75 Å². The van der Waals surface area contributed by atoms with Crippen LogP contribution >= 0.6 is 0 Å². The van der Waals surface area contributed by atoms with Gasteiger partial charge >= 0.3 is 0 Å². The third kappa shape index (κ3) is 2.93. The topological polar surface area (TPSA) is 66.0 Å². The van der Waals surface area contributed by atoms with Crippen molar-refractivity contribution >= 4 is 0 Å². The lowest BCUT2D eigenvalue weighted by Gasteiger charge is -2.10. The Morgan fingerprint density at radius 2 is 2.16 bits per heavy atom. The molecule has 102 valence electrons. The summed E-state index contributed by atoms with van der Waals surface area (Å²) in [7, 11) is 1.65. The van der Waals surface area contributed by atoms with Crippen LogP contribution in [0.2, 0.25) is 0 Å². The van der Waals surface area contributed by atoms with E-state index in [4.69, 9.17) is 10.5 Å². The number of nitrogens with two attached hydrogens (primary N) is 1. The first-order chi connectivity index (χ1) is 9.15. The van der Waals surface area contributed by atoms with Crippen LogP contribution in [0.5, 0.6) is 5.75 Å². The molecular weight excluding hydrogens is 240 g/mol. The molecule has 1 aromatic heterocycles. The van der Waals surface area contributed by atoms with E-state index in [-0.39, 0.29) is 0 Å². The van der Waals surface area contributed by atoms with Crippen molar-refractivity contribution in [3.63, 3.8) is 0 Å². The summed E-state index contributed by atoms with van der Waals surface area (Å²) in [6, 6.07) is 7.78. The number of ether oxygens (including phenoxy) is 1.